The molecule has 0 atom stereocenters. The average Bonchev–Trinajstić information content (AvgIpc) is 3.32. The summed E-state index contributed by atoms with van der Waals surface area (Å²) in [6.07, 6.45) is 1.17. The summed E-state index contributed by atoms with van der Waals surface area (Å²) in [7, 11) is -4.31. The lowest BCUT2D eigenvalue weighted by Crippen LogP contribution is -2.14. The van der Waals surface area contributed by atoms with Gasteiger partial charge in [0.15, 0.2) is 17.4 Å². The van der Waals surface area contributed by atoms with Crippen molar-refractivity contribution < 1.29 is 30.7 Å². The summed E-state index contributed by atoms with van der Waals surface area (Å²) in [5.74, 6) is -3.67. The Labute approximate surface area is 171 Å². The van der Waals surface area contributed by atoms with Crippen molar-refractivity contribution in [2.24, 2.45) is 0 Å². The van der Waals surface area contributed by atoms with Gasteiger partial charge in [0, 0.05) is 18.3 Å². The molecule has 0 saturated carbocycles. The van der Waals surface area contributed by atoms with Crippen LogP contribution in [-0.2, 0) is 10.0 Å². The third-order valence-corrected chi connectivity index (χ3v) is 6.39. The Hall–Kier alpha value is -3.12. The van der Waals surface area contributed by atoms with Crippen molar-refractivity contribution in [1.29, 1.82) is 0 Å². The topological polar surface area (TPSA) is 84.1 Å². The fourth-order valence-corrected chi connectivity index (χ4v) is 4.63. The number of ether oxygens (including phenoxy) is 1. The number of aromatic amines is 1. The van der Waals surface area contributed by atoms with Crippen molar-refractivity contribution in [3.05, 3.63) is 60.3 Å². The number of H-pyrrole nitrogens is 1. The minimum Gasteiger partial charge on any atom is -0.432 e. The first kappa shape index (κ1) is 20.2. The second kappa shape index (κ2) is 7.61. The molecule has 2 N–H and O–H groups in total. The summed E-state index contributed by atoms with van der Waals surface area (Å²) in [5, 5.41) is 0.545. The first-order valence-corrected chi connectivity index (χ1v) is 10.5. The molecule has 4 rings (SSSR count). The number of aromatic nitrogens is 2. The molecule has 0 unspecified atom stereocenters. The van der Waals surface area contributed by atoms with E-state index in [9.17, 15) is 26.0 Å². The molecule has 30 heavy (non-hydrogen) atoms. The Morgan fingerprint density at radius 3 is 2.60 bits per heavy atom. The summed E-state index contributed by atoms with van der Waals surface area (Å²) in [6.45, 7) is -3.36. The molecule has 0 saturated heterocycles. The van der Waals surface area contributed by atoms with Crippen LogP contribution in [0.3, 0.4) is 0 Å². The smallest absolute Gasteiger partial charge is 0.387 e. The van der Waals surface area contributed by atoms with Crippen molar-refractivity contribution in [3.63, 3.8) is 0 Å². The maximum Gasteiger partial charge on any atom is 0.387 e. The van der Waals surface area contributed by atoms with Crippen molar-refractivity contribution >= 4 is 37.3 Å². The predicted molar refractivity (Wildman–Crippen MR) is 103 cm³/mol. The van der Waals surface area contributed by atoms with E-state index in [0.717, 1.165) is 10.2 Å². The van der Waals surface area contributed by atoms with E-state index in [1.807, 2.05) is 29.0 Å². The fourth-order valence-electron chi connectivity index (χ4n) is 2.64. The third kappa shape index (κ3) is 3.96. The van der Waals surface area contributed by atoms with Gasteiger partial charge in [-0.05, 0) is 18.2 Å². The van der Waals surface area contributed by atoms with Gasteiger partial charge in [-0.3, -0.25) is 4.72 Å². The van der Waals surface area contributed by atoms with E-state index < -0.39 is 39.7 Å². The van der Waals surface area contributed by atoms with Gasteiger partial charge >= 0.3 is 6.61 Å². The van der Waals surface area contributed by atoms with Crippen LogP contribution in [0.4, 0.5) is 23.2 Å². The molecule has 0 bridgehead atoms. The van der Waals surface area contributed by atoms with Crippen LogP contribution in [0, 0.1) is 11.6 Å². The maximum atomic E-state index is 14.1. The monoisotopic (exact) mass is 457 g/mol. The van der Waals surface area contributed by atoms with Crippen LogP contribution in [0.25, 0.3) is 20.9 Å². The summed E-state index contributed by atoms with van der Waals surface area (Å²) in [6, 6.07) is 9.42. The molecular weight excluding hydrogens is 446 g/mol. The number of rotatable bonds is 6. The summed E-state index contributed by atoms with van der Waals surface area (Å²) < 4.78 is 84.1. The number of sulfonamides is 1. The van der Waals surface area contributed by atoms with Crippen LogP contribution in [0.1, 0.15) is 0 Å². The number of fused-ring (bicyclic) bond motifs is 1. The van der Waals surface area contributed by atoms with Crippen molar-refractivity contribution in [1.82, 2.24) is 9.97 Å². The Morgan fingerprint density at radius 1 is 1.10 bits per heavy atom. The second-order valence-corrected chi connectivity index (χ2v) is 8.70. The number of hydrogen-bond donors (Lipinski definition) is 2. The molecular formula is C18H11F4N3O3S2. The average molecular weight is 457 g/mol. The Kier molecular flexibility index (Phi) is 5.12. The quantitative estimate of drug-likeness (QED) is 0.401. The Balaban J connectivity index is 1.61. The van der Waals surface area contributed by atoms with E-state index in [-0.39, 0.29) is 4.90 Å². The first-order valence-electron chi connectivity index (χ1n) is 8.24. The van der Waals surface area contributed by atoms with Gasteiger partial charge in [0.2, 0.25) is 0 Å². The lowest BCUT2D eigenvalue weighted by atomic mass is 10.3. The van der Waals surface area contributed by atoms with E-state index >= 15 is 0 Å². The van der Waals surface area contributed by atoms with Gasteiger partial charge in [-0.1, -0.05) is 12.1 Å². The van der Waals surface area contributed by atoms with Crippen LogP contribution in [-0.4, -0.2) is 25.0 Å². The molecule has 0 aliphatic heterocycles. The summed E-state index contributed by atoms with van der Waals surface area (Å²) >= 11 is 1.35. The molecule has 2 aromatic heterocycles. The number of nitrogens with one attached hydrogen (secondary N) is 2. The van der Waals surface area contributed by atoms with Gasteiger partial charge in [-0.15, -0.1) is 11.3 Å². The highest BCUT2D eigenvalue weighted by Crippen LogP contribution is 2.32. The maximum absolute atomic E-state index is 14.1. The van der Waals surface area contributed by atoms with Crippen LogP contribution >= 0.6 is 11.3 Å². The lowest BCUT2D eigenvalue weighted by molar-refractivity contribution is -0.0523. The molecule has 0 aliphatic rings. The largest absolute Gasteiger partial charge is 0.432 e. The molecule has 0 fully saturated rings. The SMILES string of the molecule is O=S(=O)(Nc1cc(F)c(OC(F)F)cc1F)c1c[nH]c(-c2nc3ccccc3s2)c1. The second-order valence-electron chi connectivity index (χ2n) is 5.98. The number of halogens is 4. The number of alkyl halides is 2. The van der Waals surface area contributed by atoms with Gasteiger partial charge in [0.1, 0.15) is 9.90 Å². The van der Waals surface area contributed by atoms with E-state index in [1.54, 1.807) is 0 Å². The summed E-state index contributed by atoms with van der Waals surface area (Å²) in [4.78, 5) is 6.95. The fraction of sp³-hybridized carbons (Fsp3) is 0.0556. The van der Waals surface area contributed by atoms with Crippen LogP contribution in [0.15, 0.2) is 53.6 Å². The number of benzene rings is 2. The van der Waals surface area contributed by atoms with E-state index in [0.29, 0.717) is 22.8 Å². The van der Waals surface area contributed by atoms with E-state index in [4.69, 9.17) is 0 Å². The number of thiazole rings is 1. The van der Waals surface area contributed by atoms with Gasteiger partial charge in [-0.2, -0.15) is 8.78 Å². The molecule has 2 heterocycles. The highest BCUT2D eigenvalue weighted by molar-refractivity contribution is 7.92. The number of hydrogen-bond acceptors (Lipinski definition) is 5. The zero-order valence-corrected chi connectivity index (χ0v) is 16.3. The molecule has 0 aliphatic carbocycles. The van der Waals surface area contributed by atoms with E-state index in [1.165, 1.54) is 23.6 Å². The van der Waals surface area contributed by atoms with E-state index in [2.05, 4.69) is 14.7 Å². The molecule has 0 amide bonds. The zero-order chi connectivity index (χ0) is 21.5. The first-order chi connectivity index (χ1) is 14.2. The van der Waals surface area contributed by atoms with Gasteiger partial charge in [0.25, 0.3) is 10.0 Å². The minimum absolute atomic E-state index is 0.246. The molecule has 2 aromatic carbocycles. The van der Waals surface area contributed by atoms with Gasteiger partial charge < -0.3 is 9.72 Å². The lowest BCUT2D eigenvalue weighted by Gasteiger charge is -2.11. The highest BCUT2D eigenvalue weighted by atomic mass is 32.2. The van der Waals surface area contributed by atoms with Gasteiger partial charge in [-0.25, -0.2) is 22.2 Å². The van der Waals surface area contributed by atoms with Crippen LogP contribution < -0.4 is 9.46 Å². The molecule has 12 heteroatoms. The molecule has 0 spiro atoms. The molecule has 6 nitrogen and oxygen atoms in total. The standard InChI is InChI=1S/C18H11F4N3O3S2/c19-10-7-15(28-18(21)22)11(20)6-13(10)25-30(26,27)9-5-14(23-8-9)17-24-12-3-1-2-4-16(12)29-17/h1-8,18,23,25H. The normalized spacial score (nSPS) is 11.9. The zero-order valence-electron chi connectivity index (χ0n) is 14.7. The van der Waals surface area contributed by atoms with Crippen LogP contribution in [0.5, 0.6) is 5.75 Å². The minimum atomic E-state index is -4.31. The predicted octanol–water partition coefficient (Wildman–Crippen LogP) is 4.97. The Morgan fingerprint density at radius 2 is 1.87 bits per heavy atom. The number of para-hydroxylation sites is 1. The third-order valence-electron chi connectivity index (χ3n) is 3.97. The number of nitrogens with zero attached hydrogens (tertiary/aromatic N) is 1. The highest BCUT2D eigenvalue weighted by Gasteiger charge is 2.22. The molecule has 156 valence electrons. The van der Waals surface area contributed by atoms with Crippen molar-refractivity contribution in [3.8, 4) is 16.5 Å². The Bertz CT molecular complexity index is 1300. The van der Waals surface area contributed by atoms with Crippen molar-refractivity contribution in [2.75, 3.05) is 4.72 Å². The van der Waals surface area contributed by atoms with Crippen LogP contribution in [0.2, 0.25) is 0 Å². The van der Waals surface area contributed by atoms with Crippen molar-refractivity contribution in [2.45, 2.75) is 11.5 Å². The molecule has 0 radical (unpaired) electrons. The summed E-state index contributed by atoms with van der Waals surface area (Å²) in [5.41, 5.74) is 0.416. The van der Waals surface area contributed by atoms with Gasteiger partial charge in [0.05, 0.1) is 21.6 Å². The number of anilines is 1. The molecule has 4 aromatic rings.